The monoisotopic (exact) mass is 319 g/mol. The second-order valence-corrected chi connectivity index (χ2v) is 7.17. The Balaban J connectivity index is 2.25. The minimum absolute atomic E-state index is 0.0588. The molecular formula is C14H22ClNO3S. The molecule has 0 bridgehead atoms. The number of ether oxygens (including phenoxy) is 1. The Morgan fingerprint density at radius 1 is 1.10 bits per heavy atom. The average molecular weight is 320 g/mol. The van der Waals surface area contributed by atoms with E-state index in [9.17, 15) is 8.42 Å². The van der Waals surface area contributed by atoms with Crippen molar-refractivity contribution in [3.05, 3.63) is 28.3 Å². The quantitative estimate of drug-likeness (QED) is 0.748. The molecule has 0 heterocycles. The van der Waals surface area contributed by atoms with E-state index in [1.165, 1.54) is 0 Å². The fourth-order valence-corrected chi connectivity index (χ4v) is 2.99. The van der Waals surface area contributed by atoms with Gasteiger partial charge in [-0.25, -0.2) is 13.6 Å². The lowest BCUT2D eigenvalue weighted by molar-refractivity contribution is 0.301. The van der Waals surface area contributed by atoms with E-state index >= 15 is 0 Å². The van der Waals surface area contributed by atoms with Gasteiger partial charge in [-0.3, -0.25) is 0 Å². The molecule has 1 aromatic carbocycles. The number of unbranched alkanes of at least 4 members (excludes halogenated alkanes) is 3. The summed E-state index contributed by atoms with van der Waals surface area (Å²) in [5.41, 5.74) is 2.06. The number of primary sulfonamides is 1. The van der Waals surface area contributed by atoms with Gasteiger partial charge in [0.05, 0.1) is 12.4 Å². The standard InChI is InChI=1S/C14H22ClNO3S/c1-11-9-13(15)10-12(2)14(11)19-7-5-3-4-6-8-20(16,17)18/h9-10H,3-8H2,1-2H3,(H2,16,17,18). The summed E-state index contributed by atoms with van der Waals surface area (Å²) in [6.07, 6.45) is 3.28. The third kappa shape index (κ3) is 6.59. The molecule has 0 aliphatic rings. The van der Waals surface area contributed by atoms with Crippen LogP contribution in [0.15, 0.2) is 12.1 Å². The van der Waals surface area contributed by atoms with E-state index in [-0.39, 0.29) is 5.75 Å². The first-order chi connectivity index (χ1) is 9.29. The van der Waals surface area contributed by atoms with Crippen LogP contribution < -0.4 is 9.88 Å². The van der Waals surface area contributed by atoms with E-state index in [1.807, 2.05) is 26.0 Å². The first-order valence-electron chi connectivity index (χ1n) is 6.69. The van der Waals surface area contributed by atoms with Crippen molar-refractivity contribution in [2.24, 2.45) is 5.14 Å². The molecular weight excluding hydrogens is 298 g/mol. The molecule has 0 unspecified atom stereocenters. The molecule has 1 aromatic rings. The Morgan fingerprint density at radius 2 is 1.65 bits per heavy atom. The van der Waals surface area contributed by atoms with Crippen molar-refractivity contribution in [1.29, 1.82) is 0 Å². The van der Waals surface area contributed by atoms with Gasteiger partial charge < -0.3 is 4.74 Å². The summed E-state index contributed by atoms with van der Waals surface area (Å²) in [6.45, 7) is 4.57. The van der Waals surface area contributed by atoms with Gasteiger partial charge in [-0.15, -0.1) is 0 Å². The molecule has 2 N–H and O–H groups in total. The maximum Gasteiger partial charge on any atom is 0.209 e. The van der Waals surface area contributed by atoms with Crippen molar-refractivity contribution < 1.29 is 13.2 Å². The van der Waals surface area contributed by atoms with Crippen LogP contribution in [0.4, 0.5) is 0 Å². The Kier molecular flexibility index (Phi) is 6.79. The number of hydrogen-bond donors (Lipinski definition) is 1. The Hall–Kier alpha value is -0.780. The fraction of sp³-hybridized carbons (Fsp3) is 0.571. The first kappa shape index (κ1) is 17.3. The first-order valence-corrected chi connectivity index (χ1v) is 8.79. The Morgan fingerprint density at radius 3 is 2.20 bits per heavy atom. The summed E-state index contributed by atoms with van der Waals surface area (Å²) in [5, 5.41) is 5.65. The van der Waals surface area contributed by atoms with Gasteiger partial charge in [0.1, 0.15) is 5.75 Å². The molecule has 114 valence electrons. The summed E-state index contributed by atoms with van der Waals surface area (Å²) < 4.78 is 27.3. The molecule has 0 fully saturated rings. The van der Waals surface area contributed by atoms with Gasteiger partial charge in [0.2, 0.25) is 10.0 Å². The average Bonchev–Trinajstić information content (AvgIpc) is 2.29. The van der Waals surface area contributed by atoms with Crippen molar-refractivity contribution in [2.75, 3.05) is 12.4 Å². The highest BCUT2D eigenvalue weighted by atomic mass is 35.5. The molecule has 0 saturated carbocycles. The van der Waals surface area contributed by atoms with E-state index < -0.39 is 10.0 Å². The van der Waals surface area contributed by atoms with E-state index in [0.717, 1.165) is 41.2 Å². The normalized spacial score (nSPS) is 11.6. The second kappa shape index (κ2) is 7.86. The molecule has 0 amide bonds. The number of halogens is 1. The highest BCUT2D eigenvalue weighted by Crippen LogP contribution is 2.27. The summed E-state index contributed by atoms with van der Waals surface area (Å²) in [4.78, 5) is 0. The molecule has 6 heteroatoms. The van der Waals surface area contributed by atoms with Gasteiger partial charge in [0.15, 0.2) is 0 Å². The maximum absolute atomic E-state index is 10.7. The fourth-order valence-electron chi connectivity index (χ4n) is 2.06. The zero-order valence-corrected chi connectivity index (χ0v) is 13.6. The van der Waals surface area contributed by atoms with Crippen molar-refractivity contribution in [3.8, 4) is 5.75 Å². The molecule has 0 spiro atoms. The zero-order chi connectivity index (χ0) is 15.2. The predicted octanol–water partition coefficient (Wildman–Crippen LogP) is 3.18. The zero-order valence-electron chi connectivity index (χ0n) is 12.0. The summed E-state index contributed by atoms with van der Waals surface area (Å²) >= 11 is 5.96. The lowest BCUT2D eigenvalue weighted by atomic mass is 10.1. The number of benzene rings is 1. The minimum atomic E-state index is -3.32. The van der Waals surface area contributed by atoms with Crippen LogP contribution in [0, 0.1) is 13.8 Å². The van der Waals surface area contributed by atoms with Gasteiger partial charge >= 0.3 is 0 Å². The molecule has 20 heavy (non-hydrogen) atoms. The Bertz CT molecular complexity index is 520. The van der Waals surface area contributed by atoms with Crippen LogP contribution >= 0.6 is 11.6 Å². The molecule has 1 rings (SSSR count). The number of hydrogen-bond acceptors (Lipinski definition) is 3. The number of aryl methyl sites for hydroxylation is 2. The lowest BCUT2D eigenvalue weighted by Crippen LogP contribution is -2.16. The van der Waals surface area contributed by atoms with Crippen LogP contribution in [0.2, 0.25) is 5.02 Å². The van der Waals surface area contributed by atoms with Crippen molar-refractivity contribution in [2.45, 2.75) is 39.5 Å². The predicted molar refractivity (Wildman–Crippen MR) is 82.9 cm³/mol. The third-order valence-electron chi connectivity index (χ3n) is 2.99. The van der Waals surface area contributed by atoms with Crippen LogP contribution in [-0.2, 0) is 10.0 Å². The highest BCUT2D eigenvalue weighted by molar-refractivity contribution is 7.89. The number of nitrogens with two attached hydrogens (primary N) is 1. The topological polar surface area (TPSA) is 69.4 Å². The second-order valence-electron chi connectivity index (χ2n) is 5.00. The molecule has 0 atom stereocenters. The van der Waals surface area contributed by atoms with Crippen LogP contribution in [0.25, 0.3) is 0 Å². The summed E-state index contributed by atoms with van der Waals surface area (Å²) in [7, 11) is -3.32. The number of rotatable bonds is 8. The van der Waals surface area contributed by atoms with Crippen LogP contribution in [0.1, 0.15) is 36.8 Å². The van der Waals surface area contributed by atoms with Gasteiger partial charge in [0, 0.05) is 5.02 Å². The SMILES string of the molecule is Cc1cc(Cl)cc(C)c1OCCCCCCS(N)(=O)=O. The van der Waals surface area contributed by atoms with Gasteiger partial charge in [-0.05, 0) is 49.9 Å². The third-order valence-corrected chi connectivity index (χ3v) is 4.07. The lowest BCUT2D eigenvalue weighted by Gasteiger charge is -2.12. The Labute approximate surface area is 126 Å². The molecule has 0 radical (unpaired) electrons. The summed E-state index contributed by atoms with van der Waals surface area (Å²) in [6, 6.07) is 3.77. The maximum atomic E-state index is 10.7. The van der Waals surface area contributed by atoms with Gasteiger partial charge in [0.25, 0.3) is 0 Å². The van der Waals surface area contributed by atoms with Crippen molar-refractivity contribution in [3.63, 3.8) is 0 Å². The van der Waals surface area contributed by atoms with E-state index in [2.05, 4.69) is 0 Å². The van der Waals surface area contributed by atoms with Crippen LogP contribution in [0.3, 0.4) is 0 Å². The molecule has 0 aliphatic carbocycles. The van der Waals surface area contributed by atoms with E-state index in [4.69, 9.17) is 21.5 Å². The van der Waals surface area contributed by atoms with E-state index in [1.54, 1.807) is 0 Å². The highest BCUT2D eigenvalue weighted by Gasteiger charge is 2.06. The molecule has 4 nitrogen and oxygen atoms in total. The molecule has 0 aliphatic heterocycles. The summed E-state index contributed by atoms with van der Waals surface area (Å²) in [5.74, 6) is 0.947. The minimum Gasteiger partial charge on any atom is -0.493 e. The van der Waals surface area contributed by atoms with Crippen LogP contribution in [-0.4, -0.2) is 20.8 Å². The molecule has 0 aromatic heterocycles. The number of sulfonamides is 1. The molecule has 0 saturated heterocycles. The van der Waals surface area contributed by atoms with Crippen molar-refractivity contribution in [1.82, 2.24) is 0 Å². The van der Waals surface area contributed by atoms with Crippen molar-refractivity contribution >= 4 is 21.6 Å². The van der Waals surface area contributed by atoms with Gasteiger partial charge in [-0.2, -0.15) is 0 Å². The largest absolute Gasteiger partial charge is 0.493 e. The van der Waals surface area contributed by atoms with Crippen LogP contribution in [0.5, 0.6) is 5.75 Å². The van der Waals surface area contributed by atoms with Gasteiger partial charge in [-0.1, -0.05) is 24.4 Å². The smallest absolute Gasteiger partial charge is 0.209 e. The van der Waals surface area contributed by atoms with E-state index in [0.29, 0.717) is 13.0 Å².